The Hall–Kier alpha value is -4.44. The van der Waals surface area contributed by atoms with E-state index < -0.39 is 0 Å². The Morgan fingerprint density at radius 1 is 1.03 bits per heavy atom. The number of phenols is 1. The number of nitrogens with one attached hydrogen (secondary N) is 3. The Morgan fingerprint density at radius 3 is 2.44 bits per heavy atom. The molecule has 4 N–H and O–H groups in total. The van der Waals surface area contributed by atoms with Crippen LogP contribution in [0.2, 0.25) is 0 Å². The number of tetrazole rings is 1. The monoisotopic (exact) mass is 459 g/mol. The summed E-state index contributed by atoms with van der Waals surface area (Å²) in [5, 5.41) is 30.1. The molecule has 4 aromatic rings. The van der Waals surface area contributed by atoms with E-state index in [4.69, 9.17) is 4.74 Å². The van der Waals surface area contributed by atoms with Gasteiger partial charge in [-0.05, 0) is 66.0 Å². The quantitative estimate of drug-likeness (QED) is 0.266. The van der Waals surface area contributed by atoms with Gasteiger partial charge in [0.2, 0.25) is 5.91 Å². The summed E-state index contributed by atoms with van der Waals surface area (Å²) in [6.45, 7) is 0.458. The maximum absolute atomic E-state index is 12.7. The molecule has 0 fully saturated rings. The number of H-pyrrole nitrogens is 1. The van der Waals surface area contributed by atoms with Gasteiger partial charge in [-0.25, -0.2) is 5.10 Å². The van der Waals surface area contributed by atoms with Gasteiger partial charge in [0, 0.05) is 12.2 Å². The van der Waals surface area contributed by atoms with Crippen molar-refractivity contribution in [1.82, 2.24) is 25.5 Å². The highest BCUT2D eigenvalue weighted by Crippen LogP contribution is 2.24. The molecule has 0 aliphatic carbocycles. The van der Waals surface area contributed by atoms with Crippen LogP contribution in [0.3, 0.4) is 0 Å². The fraction of sp³-hybridized carbons (Fsp3) is 0.167. The summed E-state index contributed by atoms with van der Waals surface area (Å²) in [4.78, 5) is 14.5. The van der Waals surface area contributed by atoms with Crippen molar-refractivity contribution in [3.8, 4) is 17.2 Å². The molecule has 0 aliphatic heterocycles. The molecule has 34 heavy (non-hydrogen) atoms. The van der Waals surface area contributed by atoms with Crippen LogP contribution < -0.4 is 15.4 Å². The number of aromatic nitrogens is 4. The first-order valence-corrected chi connectivity index (χ1v) is 10.7. The van der Waals surface area contributed by atoms with E-state index in [0.29, 0.717) is 29.5 Å². The molecule has 1 amide bonds. The topological polar surface area (TPSA) is 128 Å². The maximum Gasteiger partial charge on any atom is 0.238 e. The SMILES string of the molecule is CN(CC(=O)Nc1ccc(Oc2ccccc2)cc1)C(CNc1ccccc1O)c1nnn[nH]1. The van der Waals surface area contributed by atoms with Crippen molar-refractivity contribution < 1.29 is 14.6 Å². The van der Waals surface area contributed by atoms with Crippen molar-refractivity contribution in [2.75, 3.05) is 30.8 Å². The average Bonchev–Trinajstić information content (AvgIpc) is 3.37. The first-order chi connectivity index (χ1) is 16.6. The zero-order chi connectivity index (χ0) is 23.8. The number of aromatic amines is 1. The van der Waals surface area contributed by atoms with Crippen molar-refractivity contribution in [1.29, 1.82) is 0 Å². The van der Waals surface area contributed by atoms with Gasteiger partial charge in [0.1, 0.15) is 17.2 Å². The van der Waals surface area contributed by atoms with E-state index in [1.165, 1.54) is 0 Å². The number of likely N-dealkylation sites (N-methyl/N-ethyl adjacent to an activating group) is 1. The van der Waals surface area contributed by atoms with Crippen LogP contribution in [0, 0.1) is 0 Å². The molecule has 1 heterocycles. The number of rotatable bonds is 10. The van der Waals surface area contributed by atoms with Gasteiger partial charge < -0.3 is 20.5 Å². The number of carbonyl (C=O) groups excluding carboxylic acids is 1. The van der Waals surface area contributed by atoms with E-state index in [2.05, 4.69) is 31.3 Å². The number of hydrogen-bond acceptors (Lipinski definition) is 8. The second kappa shape index (κ2) is 10.9. The molecule has 0 bridgehead atoms. The van der Waals surface area contributed by atoms with Crippen molar-refractivity contribution in [3.63, 3.8) is 0 Å². The third kappa shape index (κ3) is 6.08. The zero-order valence-electron chi connectivity index (χ0n) is 18.5. The number of hydrogen-bond donors (Lipinski definition) is 4. The molecule has 3 aromatic carbocycles. The van der Waals surface area contributed by atoms with Crippen LogP contribution in [-0.4, -0.2) is 56.7 Å². The molecule has 0 spiro atoms. The molecule has 0 radical (unpaired) electrons. The smallest absolute Gasteiger partial charge is 0.238 e. The van der Waals surface area contributed by atoms with Crippen LogP contribution in [0.1, 0.15) is 11.9 Å². The normalized spacial score (nSPS) is 11.7. The summed E-state index contributed by atoms with van der Waals surface area (Å²) in [5.74, 6) is 1.86. The Labute approximate surface area is 196 Å². The van der Waals surface area contributed by atoms with Gasteiger partial charge in [-0.2, -0.15) is 0 Å². The fourth-order valence-corrected chi connectivity index (χ4v) is 3.37. The summed E-state index contributed by atoms with van der Waals surface area (Å²) in [6, 6.07) is 23.2. The minimum absolute atomic E-state index is 0.0933. The molecule has 0 aliphatic rings. The van der Waals surface area contributed by atoms with E-state index in [0.717, 1.165) is 5.75 Å². The highest BCUT2D eigenvalue weighted by molar-refractivity contribution is 5.92. The van der Waals surface area contributed by atoms with E-state index in [1.54, 1.807) is 49.5 Å². The van der Waals surface area contributed by atoms with Crippen molar-refractivity contribution in [3.05, 3.63) is 84.7 Å². The maximum atomic E-state index is 12.7. The van der Waals surface area contributed by atoms with Gasteiger partial charge in [-0.3, -0.25) is 9.69 Å². The van der Waals surface area contributed by atoms with E-state index >= 15 is 0 Å². The van der Waals surface area contributed by atoms with Gasteiger partial charge >= 0.3 is 0 Å². The van der Waals surface area contributed by atoms with Crippen molar-refractivity contribution in [2.24, 2.45) is 0 Å². The number of carbonyl (C=O) groups is 1. The predicted molar refractivity (Wildman–Crippen MR) is 128 cm³/mol. The molecular weight excluding hydrogens is 434 g/mol. The summed E-state index contributed by atoms with van der Waals surface area (Å²) >= 11 is 0. The lowest BCUT2D eigenvalue weighted by Crippen LogP contribution is -2.37. The minimum Gasteiger partial charge on any atom is -0.506 e. The highest BCUT2D eigenvalue weighted by Gasteiger charge is 2.23. The van der Waals surface area contributed by atoms with Gasteiger partial charge in [-0.15, -0.1) is 5.10 Å². The average molecular weight is 460 g/mol. The molecule has 10 heteroatoms. The van der Waals surface area contributed by atoms with Crippen molar-refractivity contribution >= 4 is 17.3 Å². The number of anilines is 2. The molecular formula is C24H25N7O3. The third-order valence-corrected chi connectivity index (χ3v) is 5.11. The van der Waals surface area contributed by atoms with Crippen LogP contribution in [0.4, 0.5) is 11.4 Å². The van der Waals surface area contributed by atoms with Crippen LogP contribution in [-0.2, 0) is 4.79 Å². The van der Waals surface area contributed by atoms with Gasteiger partial charge in [0.15, 0.2) is 5.82 Å². The second-order valence-electron chi connectivity index (χ2n) is 7.60. The molecule has 1 atom stereocenters. The number of para-hydroxylation sites is 3. The molecule has 0 saturated carbocycles. The molecule has 4 rings (SSSR count). The second-order valence-corrected chi connectivity index (χ2v) is 7.60. The Morgan fingerprint density at radius 2 is 1.74 bits per heavy atom. The zero-order valence-corrected chi connectivity index (χ0v) is 18.5. The third-order valence-electron chi connectivity index (χ3n) is 5.11. The van der Waals surface area contributed by atoms with Gasteiger partial charge in [0.25, 0.3) is 0 Å². The lowest BCUT2D eigenvalue weighted by atomic mass is 10.2. The fourth-order valence-electron chi connectivity index (χ4n) is 3.37. The molecule has 1 aromatic heterocycles. The van der Waals surface area contributed by atoms with Crippen LogP contribution >= 0.6 is 0 Å². The number of aromatic hydroxyl groups is 1. The Kier molecular flexibility index (Phi) is 7.31. The molecule has 174 valence electrons. The minimum atomic E-state index is -0.345. The summed E-state index contributed by atoms with van der Waals surface area (Å²) < 4.78 is 5.78. The standard InChI is InChI=1S/C24H25N7O3/c1-31(21(24-27-29-30-28-24)15-25-20-9-5-6-10-22(20)32)16-23(33)26-17-11-13-19(14-12-17)34-18-7-3-2-4-8-18/h2-14,21,25,32H,15-16H2,1H3,(H,26,33)(H,27,28,29,30). The number of benzene rings is 3. The first-order valence-electron chi connectivity index (χ1n) is 10.7. The van der Waals surface area contributed by atoms with E-state index in [1.807, 2.05) is 41.3 Å². The number of ether oxygens (including phenoxy) is 1. The molecule has 1 unspecified atom stereocenters. The Bertz CT molecular complexity index is 1180. The van der Waals surface area contributed by atoms with Gasteiger partial charge in [-0.1, -0.05) is 30.3 Å². The molecule has 10 nitrogen and oxygen atoms in total. The first kappa shape index (κ1) is 22.7. The summed E-state index contributed by atoms with van der Waals surface area (Å²) in [7, 11) is 1.80. The Balaban J connectivity index is 1.35. The lowest BCUT2D eigenvalue weighted by Gasteiger charge is -2.26. The number of amides is 1. The highest BCUT2D eigenvalue weighted by atomic mass is 16.5. The number of phenolic OH excluding ortho intramolecular Hbond substituents is 1. The van der Waals surface area contributed by atoms with Crippen LogP contribution in [0.5, 0.6) is 17.2 Å². The van der Waals surface area contributed by atoms with E-state index in [-0.39, 0.29) is 24.2 Å². The largest absolute Gasteiger partial charge is 0.506 e. The lowest BCUT2D eigenvalue weighted by molar-refractivity contribution is -0.117. The van der Waals surface area contributed by atoms with Crippen LogP contribution in [0.25, 0.3) is 0 Å². The summed E-state index contributed by atoms with van der Waals surface area (Å²) in [5.41, 5.74) is 1.24. The number of nitrogens with zero attached hydrogens (tertiary/aromatic N) is 4. The van der Waals surface area contributed by atoms with Gasteiger partial charge in [0.05, 0.1) is 18.3 Å². The summed E-state index contributed by atoms with van der Waals surface area (Å²) in [6.07, 6.45) is 0. The van der Waals surface area contributed by atoms with Crippen molar-refractivity contribution in [2.45, 2.75) is 6.04 Å². The molecule has 0 saturated heterocycles. The van der Waals surface area contributed by atoms with Crippen LogP contribution in [0.15, 0.2) is 78.9 Å². The van der Waals surface area contributed by atoms with E-state index in [9.17, 15) is 9.90 Å². The predicted octanol–water partition coefficient (Wildman–Crippen LogP) is 3.42.